The third-order valence-electron chi connectivity index (χ3n) is 5.30. The van der Waals surface area contributed by atoms with Gasteiger partial charge in [-0.05, 0) is 36.3 Å². The van der Waals surface area contributed by atoms with Gasteiger partial charge in [-0.2, -0.15) is 0 Å². The Morgan fingerprint density at radius 1 is 0.562 bits per heavy atom. The van der Waals surface area contributed by atoms with Crippen molar-refractivity contribution in [3.63, 3.8) is 0 Å². The molecule has 182 valence electrons. The van der Waals surface area contributed by atoms with Crippen LogP contribution in [0.25, 0.3) is 0 Å². The van der Waals surface area contributed by atoms with E-state index in [-0.39, 0.29) is 0 Å². The van der Waals surface area contributed by atoms with Crippen molar-refractivity contribution < 1.29 is 8.97 Å². The molecule has 0 fully saturated rings. The van der Waals surface area contributed by atoms with Crippen molar-refractivity contribution in [1.29, 1.82) is 0 Å². The second-order valence-corrected chi connectivity index (χ2v) is 10.5. The number of nitrogens with zero attached hydrogens (tertiary/aromatic N) is 2. The molecular formula is C30H54N2+2. The number of aryl methyl sites for hydroxylation is 1. The zero-order chi connectivity index (χ0) is 24.8. The Morgan fingerprint density at radius 3 is 1.25 bits per heavy atom. The second-order valence-electron chi connectivity index (χ2n) is 10.5. The molecule has 1 unspecified atom stereocenters. The first-order chi connectivity index (χ1) is 15.0. The summed E-state index contributed by atoms with van der Waals surface area (Å²) in [6.45, 7) is 12.5. The average Bonchev–Trinajstić information content (AvgIpc) is 2.74. The molecule has 0 spiro atoms. The third kappa shape index (κ3) is 13.7. The Hall–Kier alpha value is -1.64. The summed E-state index contributed by atoms with van der Waals surface area (Å²) in [6.07, 6.45) is 4.90. The van der Waals surface area contributed by atoms with E-state index in [1.165, 1.54) is 47.9 Å². The van der Waals surface area contributed by atoms with Crippen molar-refractivity contribution in [1.82, 2.24) is 0 Å². The van der Waals surface area contributed by atoms with E-state index in [9.17, 15) is 0 Å². The summed E-state index contributed by atoms with van der Waals surface area (Å²) in [7, 11) is 13.5. The van der Waals surface area contributed by atoms with Crippen LogP contribution in [0.1, 0.15) is 69.7 Å². The van der Waals surface area contributed by atoms with Crippen LogP contribution in [0, 0.1) is 5.92 Å². The van der Waals surface area contributed by atoms with Gasteiger partial charge in [-0.1, -0.05) is 89.6 Å². The number of rotatable bonds is 10. The molecule has 0 saturated heterocycles. The SMILES string of the molecule is CC.CC.CCC(CCc1ccc(C[N+](C)(C)C)cc1)Cc1ccc(C[N+](C)(C)C)cc1. The maximum Gasteiger partial charge on any atom is 0.104 e. The maximum atomic E-state index is 2.34. The molecule has 0 heterocycles. The fraction of sp³-hybridized carbons (Fsp3) is 0.600. The lowest BCUT2D eigenvalue weighted by molar-refractivity contribution is -0.884. The van der Waals surface area contributed by atoms with Gasteiger partial charge in [0.05, 0.1) is 42.3 Å². The lowest BCUT2D eigenvalue weighted by atomic mass is 9.90. The van der Waals surface area contributed by atoms with E-state index < -0.39 is 0 Å². The van der Waals surface area contributed by atoms with Crippen LogP contribution >= 0.6 is 0 Å². The summed E-state index contributed by atoms with van der Waals surface area (Å²) in [5.74, 6) is 0.759. The smallest absolute Gasteiger partial charge is 0.104 e. The fourth-order valence-electron chi connectivity index (χ4n) is 3.84. The Labute approximate surface area is 201 Å². The first-order valence-electron chi connectivity index (χ1n) is 12.8. The molecule has 1 atom stereocenters. The van der Waals surface area contributed by atoms with Crippen LogP contribution < -0.4 is 0 Å². The van der Waals surface area contributed by atoms with E-state index in [0.29, 0.717) is 0 Å². The van der Waals surface area contributed by atoms with Crippen molar-refractivity contribution >= 4 is 0 Å². The highest BCUT2D eigenvalue weighted by Gasteiger charge is 2.12. The molecule has 0 aliphatic rings. The van der Waals surface area contributed by atoms with Crippen molar-refractivity contribution in [3.8, 4) is 0 Å². The molecule has 0 radical (unpaired) electrons. The van der Waals surface area contributed by atoms with Gasteiger partial charge in [0, 0.05) is 11.1 Å². The molecule has 2 heteroatoms. The number of quaternary nitrogens is 2. The Balaban J connectivity index is 0.00000227. The third-order valence-corrected chi connectivity index (χ3v) is 5.30. The molecule has 0 saturated carbocycles. The van der Waals surface area contributed by atoms with Crippen LogP contribution in [0.4, 0.5) is 0 Å². The van der Waals surface area contributed by atoms with E-state index in [1.54, 1.807) is 0 Å². The van der Waals surface area contributed by atoms with Crippen LogP contribution in [-0.2, 0) is 25.9 Å². The minimum absolute atomic E-state index is 0.759. The van der Waals surface area contributed by atoms with E-state index in [2.05, 4.69) is 97.7 Å². The molecule has 0 amide bonds. The quantitative estimate of drug-likeness (QED) is 0.337. The Bertz CT molecular complexity index is 700. The summed E-state index contributed by atoms with van der Waals surface area (Å²) < 4.78 is 1.95. The molecular weight excluding hydrogens is 388 g/mol. The van der Waals surface area contributed by atoms with Crippen molar-refractivity contribution in [3.05, 3.63) is 70.8 Å². The highest BCUT2D eigenvalue weighted by atomic mass is 15.3. The normalized spacial score (nSPS) is 12.2. The summed E-state index contributed by atoms with van der Waals surface area (Å²) in [4.78, 5) is 0. The zero-order valence-electron chi connectivity index (χ0n) is 23.3. The summed E-state index contributed by atoms with van der Waals surface area (Å²) >= 11 is 0. The van der Waals surface area contributed by atoms with E-state index in [1.807, 2.05) is 27.7 Å². The van der Waals surface area contributed by atoms with E-state index in [4.69, 9.17) is 0 Å². The molecule has 2 nitrogen and oxygen atoms in total. The first-order valence-corrected chi connectivity index (χ1v) is 12.8. The number of benzene rings is 2. The standard InChI is InChI=1S/C26H42N2.2C2H6/c1-8-22(19-24-13-17-26(18-14-24)21-28(5,6)7)9-10-23-11-15-25(16-12-23)20-27(2,3)4;2*1-2/h11-18,22H,8-10,19-21H2,1-7H3;2*1-2H3/q+2;;. The van der Waals surface area contributed by atoms with Crippen molar-refractivity contribution in [2.24, 2.45) is 5.92 Å². The van der Waals surface area contributed by atoms with Crippen molar-refractivity contribution in [2.45, 2.75) is 73.4 Å². The van der Waals surface area contributed by atoms with E-state index in [0.717, 1.165) is 28.0 Å². The molecule has 0 bridgehead atoms. The summed E-state index contributed by atoms with van der Waals surface area (Å²) in [5.41, 5.74) is 5.81. The predicted molar refractivity (Wildman–Crippen MR) is 145 cm³/mol. The molecule has 2 rings (SSSR count). The second kappa shape index (κ2) is 15.2. The van der Waals surface area contributed by atoms with Gasteiger partial charge in [-0.3, -0.25) is 0 Å². The summed E-state index contributed by atoms with van der Waals surface area (Å²) in [6, 6.07) is 18.6. The van der Waals surface area contributed by atoms with Gasteiger partial charge in [-0.15, -0.1) is 0 Å². The van der Waals surface area contributed by atoms with Crippen LogP contribution in [0.2, 0.25) is 0 Å². The lowest BCUT2D eigenvalue weighted by Crippen LogP contribution is -2.33. The molecule has 0 aliphatic heterocycles. The number of hydrogen-bond donors (Lipinski definition) is 0. The minimum atomic E-state index is 0.759. The van der Waals surface area contributed by atoms with Gasteiger partial charge in [0.2, 0.25) is 0 Å². The van der Waals surface area contributed by atoms with Crippen LogP contribution in [0.5, 0.6) is 0 Å². The lowest BCUT2D eigenvalue weighted by Gasteiger charge is -2.24. The Kier molecular flexibility index (Phi) is 14.5. The van der Waals surface area contributed by atoms with Crippen LogP contribution in [0.15, 0.2) is 48.5 Å². The molecule has 32 heavy (non-hydrogen) atoms. The molecule has 0 N–H and O–H groups in total. The largest absolute Gasteiger partial charge is 0.327 e. The maximum absolute atomic E-state index is 2.34. The van der Waals surface area contributed by atoms with Gasteiger partial charge in [0.15, 0.2) is 0 Å². The highest BCUT2D eigenvalue weighted by Crippen LogP contribution is 2.20. The predicted octanol–water partition coefficient (Wildman–Crippen LogP) is 7.35. The Morgan fingerprint density at radius 2 is 0.906 bits per heavy atom. The van der Waals surface area contributed by atoms with Crippen LogP contribution in [-0.4, -0.2) is 51.3 Å². The van der Waals surface area contributed by atoms with Crippen molar-refractivity contribution in [2.75, 3.05) is 42.3 Å². The monoisotopic (exact) mass is 442 g/mol. The zero-order valence-corrected chi connectivity index (χ0v) is 23.3. The van der Waals surface area contributed by atoms with Gasteiger partial charge in [0.1, 0.15) is 13.1 Å². The summed E-state index contributed by atoms with van der Waals surface area (Å²) in [5, 5.41) is 0. The topological polar surface area (TPSA) is 0 Å². The average molecular weight is 443 g/mol. The fourth-order valence-corrected chi connectivity index (χ4v) is 3.84. The van der Waals surface area contributed by atoms with Crippen LogP contribution in [0.3, 0.4) is 0 Å². The number of hydrogen-bond acceptors (Lipinski definition) is 0. The van der Waals surface area contributed by atoms with Gasteiger partial charge in [0.25, 0.3) is 0 Å². The van der Waals surface area contributed by atoms with Gasteiger partial charge in [-0.25, -0.2) is 0 Å². The molecule has 0 aliphatic carbocycles. The van der Waals surface area contributed by atoms with Gasteiger partial charge >= 0.3 is 0 Å². The first kappa shape index (κ1) is 30.4. The highest BCUT2D eigenvalue weighted by molar-refractivity contribution is 5.23. The molecule has 0 aromatic heterocycles. The minimum Gasteiger partial charge on any atom is -0.327 e. The molecule has 2 aromatic rings. The molecule has 2 aromatic carbocycles. The van der Waals surface area contributed by atoms with Gasteiger partial charge < -0.3 is 8.97 Å². The van der Waals surface area contributed by atoms with E-state index >= 15 is 0 Å².